The molecule has 0 saturated carbocycles. The molecule has 1 amide bonds. The van der Waals surface area contributed by atoms with Crippen LogP contribution in [-0.4, -0.2) is 37.0 Å². The second-order valence-corrected chi connectivity index (χ2v) is 6.97. The number of nitrogens with zero attached hydrogens (tertiary/aromatic N) is 1. The maximum Gasteiger partial charge on any atom is 0.222 e. The molecule has 18 heavy (non-hydrogen) atoms. The van der Waals surface area contributed by atoms with Gasteiger partial charge in [0.25, 0.3) is 0 Å². The summed E-state index contributed by atoms with van der Waals surface area (Å²) < 4.78 is 0. The molecule has 0 bridgehead atoms. The van der Waals surface area contributed by atoms with Crippen molar-refractivity contribution in [3.05, 3.63) is 0 Å². The Kier molecular flexibility index (Phi) is 5.20. The van der Waals surface area contributed by atoms with E-state index in [2.05, 4.69) is 44.8 Å². The van der Waals surface area contributed by atoms with Crippen LogP contribution in [0.4, 0.5) is 0 Å². The Balaban J connectivity index is 2.49. The van der Waals surface area contributed by atoms with E-state index in [0.717, 1.165) is 19.5 Å². The summed E-state index contributed by atoms with van der Waals surface area (Å²) in [5, 5.41) is 3.34. The molecule has 106 valence electrons. The summed E-state index contributed by atoms with van der Waals surface area (Å²) in [7, 11) is 2.01. The van der Waals surface area contributed by atoms with Crippen molar-refractivity contribution in [2.75, 3.05) is 20.1 Å². The van der Waals surface area contributed by atoms with Gasteiger partial charge < -0.3 is 10.2 Å². The molecular formula is C15H30N2O. The largest absolute Gasteiger partial charge is 0.342 e. The van der Waals surface area contributed by atoms with E-state index in [0.29, 0.717) is 30.2 Å². The van der Waals surface area contributed by atoms with Crippen molar-refractivity contribution in [3.8, 4) is 0 Å². The number of piperidine rings is 1. The van der Waals surface area contributed by atoms with Crippen LogP contribution in [0.15, 0.2) is 0 Å². The van der Waals surface area contributed by atoms with Gasteiger partial charge in [-0.1, -0.05) is 34.6 Å². The first-order chi connectivity index (χ1) is 8.25. The summed E-state index contributed by atoms with van der Waals surface area (Å²) >= 11 is 0. The van der Waals surface area contributed by atoms with E-state index in [1.165, 1.54) is 0 Å². The third-order valence-corrected chi connectivity index (χ3v) is 4.59. The van der Waals surface area contributed by atoms with Crippen molar-refractivity contribution >= 4 is 5.91 Å². The zero-order valence-corrected chi connectivity index (χ0v) is 12.9. The molecule has 1 saturated heterocycles. The Bertz CT molecular complexity index is 283. The first kappa shape index (κ1) is 15.5. The summed E-state index contributed by atoms with van der Waals surface area (Å²) in [5.41, 5.74) is 0.213. The third-order valence-electron chi connectivity index (χ3n) is 4.59. The first-order valence-corrected chi connectivity index (χ1v) is 7.20. The molecule has 0 radical (unpaired) electrons. The molecule has 1 rings (SSSR count). The quantitative estimate of drug-likeness (QED) is 0.839. The predicted octanol–water partition coefficient (Wildman–Crippen LogP) is 2.52. The van der Waals surface area contributed by atoms with Crippen LogP contribution in [0.2, 0.25) is 0 Å². The van der Waals surface area contributed by atoms with Crippen LogP contribution < -0.4 is 5.32 Å². The molecule has 0 aromatic heterocycles. The minimum atomic E-state index is 0.213. The van der Waals surface area contributed by atoms with Gasteiger partial charge in [-0.2, -0.15) is 0 Å². The highest BCUT2D eigenvalue weighted by Gasteiger charge is 2.30. The van der Waals surface area contributed by atoms with Crippen molar-refractivity contribution in [1.29, 1.82) is 0 Å². The molecule has 3 unspecified atom stereocenters. The molecule has 0 aromatic carbocycles. The Morgan fingerprint density at radius 1 is 1.44 bits per heavy atom. The van der Waals surface area contributed by atoms with E-state index in [1.54, 1.807) is 0 Å². The molecule has 3 nitrogen and oxygen atoms in total. The second-order valence-electron chi connectivity index (χ2n) is 6.97. The van der Waals surface area contributed by atoms with Crippen molar-refractivity contribution in [2.24, 2.45) is 17.3 Å². The number of hydrogen-bond acceptors (Lipinski definition) is 2. The Morgan fingerprint density at radius 3 is 2.50 bits per heavy atom. The van der Waals surface area contributed by atoms with Crippen LogP contribution in [0.25, 0.3) is 0 Å². The first-order valence-electron chi connectivity index (χ1n) is 7.20. The normalized spacial score (nSPS) is 27.1. The molecule has 0 aliphatic carbocycles. The maximum atomic E-state index is 12.3. The van der Waals surface area contributed by atoms with Crippen LogP contribution in [0.5, 0.6) is 0 Å². The summed E-state index contributed by atoms with van der Waals surface area (Å²) in [6, 6.07) is 0.564. The van der Waals surface area contributed by atoms with Gasteiger partial charge in [0.2, 0.25) is 5.91 Å². The van der Waals surface area contributed by atoms with Crippen molar-refractivity contribution in [2.45, 2.75) is 53.5 Å². The molecule has 0 aromatic rings. The molecular weight excluding hydrogens is 224 g/mol. The Labute approximate surface area is 112 Å². The molecule has 1 aliphatic rings. The predicted molar refractivity (Wildman–Crippen MR) is 76.4 cm³/mol. The molecule has 1 N–H and O–H groups in total. The van der Waals surface area contributed by atoms with Crippen LogP contribution in [0.3, 0.4) is 0 Å². The zero-order chi connectivity index (χ0) is 13.9. The summed E-state index contributed by atoms with van der Waals surface area (Å²) in [6.45, 7) is 12.9. The number of rotatable bonds is 3. The van der Waals surface area contributed by atoms with Gasteiger partial charge in [0.1, 0.15) is 0 Å². The van der Waals surface area contributed by atoms with Crippen molar-refractivity contribution in [3.63, 3.8) is 0 Å². The smallest absolute Gasteiger partial charge is 0.222 e. The maximum absolute atomic E-state index is 12.3. The number of carbonyl (C=O) groups excluding carboxylic acids is 1. The van der Waals surface area contributed by atoms with Gasteiger partial charge in [-0.25, -0.2) is 0 Å². The lowest BCUT2D eigenvalue weighted by Crippen LogP contribution is -2.49. The van der Waals surface area contributed by atoms with Crippen LogP contribution >= 0.6 is 0 Å². The molecule has 1 fully saturated rings. The number of amides is 1. The van der Waals surface area contributed by atoms with Crippen molar-refractivity contribution < 1.29 is 4.79 Å². The van der Waals surface area contributed by atoms with Gasteiger partial charge >= 0.3 is 0 Å². The minimum Gasteiger partial charge on any atom is -0.342 e. The molecule has 0 spiro atoms. The fraction of sp³-hybridized carbons (Fsp3) is 0.933. The lowest BCUT2D eigenvalue weighted by Gasteiger charge is -2.38. The molecule has 1 heterocycles. The number of carbonyl (C=O) groups is 1. The van der Waals surface area contributed by atoms with Crippen molar-refractivity contribution in [1.82, 2.24) is 10.2 Å². The fourth-order valence-electron chi connectivity index (χ4n) is 2.50. The van der Waals surface area contributed by atoms with E-state index in [9.17, 15) is 4.79 Å². The molecule has 3 heteroatoms. The average Bonchev–Trinajstić information content (AvgIpc) is 2.27. The van der Waals surface area contributed by atoms with Gasteiger partial charge in [0.15, 0.2) is 0 Å². The average molecular weight is 254 g/mol. The number of nitrogens with one attached hydrogen (secondary N) is 1. The van der Waals surface area contributed by atoms with E-state index >= 15 is 0 Å². The molecule has 3 atom stereocenters. The van der Waals surface area contributed by atoms with Crippen LogP contribution in [0.1, 0.15) is 47.5 Å². The summed E-state index contributed by atoms with van der Waals surface area (Å²) in [6.07, 6.45) is 1.76. The third kappa shape index (κ3) is 3.98. The highest BCUT2D eigenvalue weighted by Crippen LogP contribution is 2.29. The van der Waals surface area contributed by atoms with E-state index < -0.39 is 0 Å². The second kappa shape index (κ2) is 6.05. The van der Waals surface area contributed by atoms with Crippen LogP contribution in [0, 0.1) is 17.3 Å². The summed E-state index contributed by atoms with van der Waals surface area (Å²) in [5.74, 6) is 1.32. The number of hydrogen-bond donors (Lipinski definition) is 1. The van der Waals surface area contributed by atoms with Gasteiger partial charge in [-0.15, -0.1) is 0 Å². The van der Waals surface area contributed by atoms with Crippen LogP contribution in [-0.2, 0) is 4.79 Å². The lowest BCUT2D eigenvalue weighted by molar-refractivity contribution is -0.135. The SMILES string of the molecule is CNC1CCN(C(=O)CC(C)C(C)(C)C)CC1C. The molecule has 1 aliphatic heterocycles. The fourth-order valence-corrected chi connectivity index (χ4v) is 2.50. The Hall–Kier alpha value is -0.570. The van der Waals surface area contributed by atoms with E-state index in [1.807, 2.05) is 7.05 Å². The highest BCUT2D eigenvalue weighted by atomic mass is 16.2. The van der Waals surface area contributed by atoms with E-state index in [-0.39, 0.29) is 5.41 Å². The Morgan fingerprint density at radius 2 is 2.06 bits per heavy atom. The standard InChI is InChI=1S/C15H30N2O/c1-11-10-17(8-7-13(11)16-6)14(18)9-12(2)15(3,4)5/h11-13,16H,7-10H2,1-6H3. The monoisotopic (exact) mass is 254 g/mol. The lowest BCUT2D eigenvalue weighted by atomic mass is 9.79. The zero-order valence-electron chi connectivity index (χ0n) is 12.9. The highest BCUT2D eigenvalue weighted by molar-refractivity contribution is 5.76. The van der Waals surface area contributed by atoms with E-state index in [4.69, 9.17) is 0 Å². The van der Waals surface area contributed by atoms with Gasteiger partial charge in [0.05, 0.1) is 0 Å². The minimum absolute atomic E-state index is 0.213. The number of likely N-dealkylation sites (tertiary alicyclic amines) is 1. The topological polar surface area (TPSA) is 32.3 Å². The van der Waals surface area contributed by atoms with Gasteiger partial charge in [0, 0.05) is 25.6 Å². The summed E-state index contributed by atoms with van der Waals surface area (Å²) in [4.78, 5) is 14.4. The van der Waals surface area contributed by atoms with Gasteiger partial charge in [-0.05, 0) is 30.7 Å². The van der Waals surface area contributed by atoms with Gasteiger partial charge in [-0.3, -0.25) is 4.79 Å².